The molecule has 3 unspecified atom stereocenters. The van der Waals surface area contributed by atoms with Crippen LogP contribution >= 0.6 is 7.14 Å². The number of hydrogen-bond acceptors (Lipinski definition) is 4. The molecular formula is C64H44N3OPSi2-. The quantitative estimate of drug-likeness (QED) is 0.120. The Hall–Kier alpha value is -7.87. The van der Waals surface area contributed by atoms with E-state index in [1.807, 2.05) is 60.7 Å². The molecule has 10 aromatic rings. The third-order valence-corrected chi connectivity index (χ3v) is 29.2. The minimum atomic E-state index is -3.65. The van der Waals surface area contributed by atoms with E-state index < -0.39 is 28.7 Å². The summed E-state index contributed by atoms with van der Waals surface area (Å²) in [4.78, 5) is 16.5. The van der Waals surface area contributed by atoms with Gasteiger partial charge < -0.3 is 4.57 Å². The van der Waals surface area contributed by atoms with E-state index in [0.717, 1.165) is 5.56 Å². The maximum atomic E-state index is 16.5. The molecule has 1 aliphatic carbocycles. The fourth-order valence-corrected chi connectivity index (χ4v) is 27.1. The molecular weight excluding hydrogens is 914 g/mol. The lowest BCUT2D eigenvalue weighted by molar-refractivity contribution is 0.561. The van der Waals surface area contributed by atoms with Gasteiger partial charge in [0, 0.05) is 21.6 Å². The normalized spacial score (nSPS) is 20.2. The van der Waals surface area contributed by atoms with Crippen molar-refractivity contribution < 1.29 is 4.57 Å². The summed E-state index contributed by atoms with van der Waals surface area (Å²) in [5.41, 5.74) is 11.1. The zero-order valence-corrected chi connectivity index (χ0v) is 41.8. The van der Waals surface area contributed by atoms with Gasteiger partial charge in [0.05, 0.1) is 0 Å². The van der Waals surface area contributed by atoms with Gasteiger partial charge in [-0.05, 0) is 70.5 Å². The number of nitrogens with zero attached hydrogens (tertiary/aromatic N) is 3. The zero-order chi connectivity index (χ0) is 47.1. The largest absolute Gasteiger partial charge is 0.305 e. The van der Waals surface area contributed by atoms with Crippen molar-refractivity contribution in [3.05, 3.63) is 253 Å². The van der Waals surface area contributed by atoms with E-state index in [9.17, 15) is 0 Å². The van der Waals surface area contributed by atoms with Crippen molar-refractivity contribution in [3.8, 4) is 44.8 Å². The second kappa shape index (κ2) is 14.8. The van der Waals surface area contributed by atoms with Crippen molar-refractivity contribution in [3.63, 3.8) is 0 Å². The highest BCUT2D eigenvalue weighted by Crippen LogP contribution is 2.51. The summed E-state index contributed by atoms with van der Waals surface area (Å²) in [5.74, 6) is 1.15. The van der Waals surface area contributed by atoms with Crippen LogP contribution in [0.3, 0.4) is 0 Å². The third kappa shape index (κ3) is 5.29. The predicted molar refractivity (Wildman–Crippen MR) is 297 cm³/mol. The Morgan fingerprint density at radius 2 is 1.10 bits per heavy atom. The number of aromatic nitrogens is 3. The molecule has 0 saturated carbocycles. The molecule has 0 N–H and O–H groups in total. The minimum Gasteiger partial charge on any atom is -0.305 e. The Morgan fingerprint density at radius 1 is 0.521 bits per heavy atom. The molecule has 3 atom stereocenters. The zero-order valence-electron chi connectivity index (χ0n) is 38.9. The third-order valence-electron chi connectivity index (χ3n) is 16.4. The van der Waals surface area contributed by atoms with Gasteiger partial charge in [-0.15, -0.1) is 0 Å². The van der Waals surface area contributed by atoms with Crippen molar-refractivity contribution in [2.75, 3.05) is 0 Å². The van der Waals surface area contributed by atoms with Crippen LogP contribution in [-0.4, -0.2) is 31.1 Å². The first-order valence-corrected chi connectivity index (χ1v) is 30.3. The summed E-state index contributed by atoms with van der Waals surface area (Å²) in [6.07, 6.45) is 5.47. The van der Waals surface area contributed by atoms with Crippen molar-refractivity contribution in [2.45, 2.75) is 18.8 Å². The van der Waals surface area contributed by atoms with Gasteiger partial charge >= 0.3 is 0 Å². The van der Waals surface area contributed by atoms with E-state index in [2.05, 4.69) is 183 Å². The number of benzene rings is 9. The first-order chi connectivity index (χ1) is 34.9. The van der Waals surface area contributed by atoms with Crippen LogP contribution in [0.25, 0.3) is 50.3 Å². The molecule has 1 aromatic heterocycles. The van der Waals surface area contributed by atoms with Crippen molar-refractivity contribution >= 4 is 81.3 Å². The molecule has 15 rings (SSSR count). The van der Waals surface area contributed by atoms with Crippen LogP contribution in [0.2, 0.25) is 0 Å². The van der Waals surface area contributed by atoms with Crippen molar-refractivity contribution in [1.82, 2.24) is 15.0 Å². The van der Waals surface area contributed by atoms with Gasteiger partial charge in [-0.1, -0.05) is 253 Å². The lowest BCUT2D eigenvalue weighted by atomic mass is 9.77. The fourth-order valence-electron chi connectivity index (χ4n) is 13.5. The first kappa shape index (κ1) is 41.0. The SMILES string of the molecule is CC1(c2nc(-c3ccc4c(c3)-c3cccc5c3[Si]4(c3ccccc3)c3ccccc3-5)nc(P(=O)(c3ccccc3)c3ccccc3)n2)C=CC2=C(C1)c1cccc3c1[Si-]2(c1ccccc1)c1ccccc1-3. The molecule has 0 bridgehead atoms. The average molecular weight is 958 g/mol. The van der Waals surface area contributed by atoms with E-state index in [1.165, 1.54) is 86.0 Å². The standard InChI is InChI=1S/C64H44N3OPSi2/c1-64(39-38-58-54(41-64)52-33-19-31-50-48-29-15-17-35-56(48)71(58,60(50)52)46-26-12-5-13-27-46)62-65-61(66-63(67-62)69(68,43-20-6-2-7-21-43)44-22-8-3-9-23-44)42-36-37-57-53(40-42)51-32-18-30-49-47-28-14-16-34-55(47)70(57,59(49)51)45-24-10-4-11-25-45/h2-40H,41H2,1H3/q-1. The van der Waals surface area contributed by atoms with Crippen molar-refractivity contribution in [1.29, 1.82) is 0 Å². The van der Waals surface area contributed by atoms with Crippen molar-refractivity contribution in [2.24, 2.45) is 0 Å². The van der Waals surface area contributed by atoms with Gasteiger partial charge in [-0.3, -0.25) is 0 Å². The fraction of sp³-hybridized carbons (Fsp3) is 0.0469. The van der Waals surface area contributed by atoms with E-state index in [-0.39, 0.29) is 0 Å². The maximum absolute atomic E-state index is 16.5. The van der Waals surface area contributed by atoms with Gasteiger partial charge in [0.25, 0.3) is 0 Å². The molecule has 5 heterocycles. The van der Waals surface area contributed by atoms with Gasteiger partial charge in [-0.2, -0.15) is 20.8 Å². The Morgan fingerprint density at radius 3 is 1.83 bits per heavy atom. The summed E-state index contributed by atoms with van der Waals surface area (Å²) in [6, 6.07) is 80.8. The number of rotatable bonds is 7. The number of hydrogen-bond donors (Lipinski definition) is 0. The lowest BCUT2D eigenvalue weighted by Crippen LogP contribution is -2.70. The second-order valence-corrected chi connectivity index (χ2v) is 29.9. The van der Waals surface area contributed by atoms with Crippen LogP contribution in [0.15, 0.2) is 242 Å². The Labute approximate surface area is 415 Å². The summed E-state index contributed by atoms with van der Waals surface area (Å²) < 4.78 is 16.5. The summed E-state index contributed by atoms with van der Waals surface area (Å²) in [5, 5.41) is 12.8. The van der Waals surface area contributed by atoms with Gasteiger partial charge in [-0.25, -0.2) is 15.0 Å². The molecule has 335 valence electrons. The molecule has 0 radical (unpaired) electrons. The highest BCUT2D eigenvalue weighted by atomic mass is 31.2. The average Bonchev–Trinajstić information content (AvgIpc) is 4.13. The van der Waals surface area contributed by atoms with Crippen LogP contribution in [0.4, 0.5) is 0 Å². The minimum absolute atomic E-state index is 0.299. The predicted octanol–water partition coefficient (Wildman–Crippen LogP) is 8.19. The van der Waals surface area contributed by atoms with Crippen LogP contribution < -0.4 is 52.5 Å². The van der Waals surface area contributed by atoms with E-state index >= 15 is 4.57 Å². The maximum Gasteiger partial charge on any atom is 0.206 e. The lowest BCUT2D eigenvalue weighted by Gasteiger charge is -2.44. The second-order valence-electron chi connectivity index (χ2n) is 19.9. The molecule has 7 heteroatoms. The van der Waals surface area contributed by atoms with Crippen LogP contribution in [0.1, 0.15) is 24.7 Å². The van der Waals surface area contributed by atoms with E-state index in [1.54, 1.807) is 0 Å². The number of fused-ring (bicyclic) bond motifs is 11. The van der Waals surface area contributed by atoms with Gasteiger partial charge in [0.15, 0.2) is 13.9 Å². The van der Waals surface area contributed by atoms with Gasteiger partial charge in [0.2, 0.25) is 12.7 Å². The Balaban J connectivity index is 0.954. The first-order valence-electron chi connectivity index (χ1n) is 24.6. The smallest absolute Gasteiger partial charge is 0.206 e. The molecule has 0 spiro atoms. The monoisotopic (exact) mass is 957 g/mol. The summed E-state index contributed by atoms with van der Waals surface area (Å²) in [6.45, 7) is 2.27. The molecule has 71 heavy (non-hydrogen) atoms. The Kier molecular flexibility index (Phi) is 8.56. The summed E-state index contributed by atoms with van der Waals surface area (Å²) in [7, 11) is -8.96. The molecule has 4 aliphatic heterocycles. The molecule has 5 aliphatic rings. The Bertz CT molecular complexity index is 3990. The molecule has 0 amide bonds. The van der Waals surface area contributed by atoms with Crippen LogP contribution in [0.5, 0.6) is 0 Å². The molecule has 0 fully saturated rings. The van der Waals surface area contributed by atoms with Crippen LogP contribution in [0, 0.1) is 0 Å². The molecule has 4 nitrogen and oxygen atoms in total. The van der Waals surface area contributed by atoms with E-state index in [0.29, 0.717) is 34.2 Å². The van der Waals surface area contributed by atoms with E-state index in [4.69, 9.17) is 15.0 Å². The number of allylic oxidation sites excluding steroid dienone is 4. The molecule has 9 aromatic carbocycles. The highest BCUT2D eigenvalue weighted by molar-refractivity contribution is 7.85. The van der Waals surface area contributed by atoms with Crippen LogP contribution in [-0.2, 0) is 9.98 Å². The van der Waals surface area contributed by atoms with Gasteiger partial charge in [0.1, 0.15) is 5.82 Å². The highest BCUT2D eigenvalue weighted by Gasteiger charge is 2.55. The summed E-state index contributed by atoms with van der Waals surface area (Å²) >= 11 is 0. The topological polar surface area (TPSA) is 55.7 Å². The molecule has 0 saturated heterocycles.